The van der Waals surface area contributed by atoms with Crippen molar-refractivity contribution in [2.45, 2.75) is 6.92 Å². The van der Waals surface area contributed by atoms with Crippen molar-refractivity contribution in [1.29, 1.82) is 0 Å². The Balaban J connectivity index is 0.000000497. The summed E-state index contributed by atoms with van der Waals surface area (Å²) >= 11 is 0. The predicted molar refractivity (Wildman–Crippen MR) is 219 cm³/mol. The van der Waals surface area contributed by atoms with Crippen molar-refractivity contribution >= 4 is 39.9 Å². The second-order valence-electron chi connectivity index (χ2n) is 12.7. The van der Waals surface area contributed by atoms with Gasteiger partial charge in [-0.3, -0.25) is 9.98 Å². The molecule has 0 amide bonds. The van der Waals surface area contributed by atoms with Crippen molar-refractivity contribution in [3.8, 4) is 33.7 Å². The molecule has 1 aromatic heterocycles. The van der Waals surface area contributed by atoms with Gasteiger partial charge in [0, 0.05) is 40.2 Å². The van der Waals surface area contributed by atoms with E-state index in [0.717, 1.165) is 45.0 Å². The van der Waals surface area contributed by atoms with Crippen LogP contribution in [0.4, 0.5) is 0 Å². The van der Waals surface area contributed by atoms with Crippen LogP contribution in [-0.4, -0.2) is 24.0 Å². The maximum absolute atomic E-state index is 6.56. The first-order chi connectivity index (χ1) is 25.6. The number of rotatable bonds is 5. The lowest BCUT2D eigenvalue weighted by Crippen LogP contribution is -2.04. The molecule has 1 aliphatic rings. The highest BCUT2D eigenvalue weighted by Crippen LogP contribution is 2.43. The minimum Gasteiger partial charge on any atom is -0.451 e. The molecule has 0 saturated heterocycles. The molecule has 2 heterocycles. The lowest BCUT2D eigenvalue weighted by atomic mass is 9.97. The van der Waals surface area contributed by atoms with Crippen LogP contribution in [0.3, 0.4) is 0 Å². The maximum atomic E-state index is 6.56. The lowest BCUT2D eigenvalue weighted by molar-refractivity contribution is 0.472. The highest BCUT2D eigenvalue weighted by Gasteiger charge is 2.30. The molecule has 0 spiro atoms. The molecule has 0 fully saturated rings. The fourth-order valence-electron chi connectivity index (χ4n) is 6.99. The Hall–Kier alpha value is -6.78. The topological polar surface area (TPSA) is 38.9 Å². The van der Waals surface area contributed by atoms with Crippen molar-refractivity contribution in [2.24, 2.45) is 9.98 Å². The quantitative estimate of drug-likeness (QED) is 0.168. The molecular weight excluding hydrogens is 635 g/mol. The molecule has 0 aliphatic carbocycles. The molecule has 0 atom stereocenters. The van der Waals surface area contributed by atoms with Gasteiger partial charge in [-0.15, -0.1) is 0 Å². The Morgan fingerprint density at radius 3 is 1.83 bits per heavy atom. The number of hydrogen-bond donors (Lipinski definition) is 0. The number of nitrogens with zero attached hydrogens (tertiary/aromatic N) is 3. The number of aliphatic imine (C=N–C) groups is 2. The highest BCUT2D eigenvalue weighted by atomic mass is 16.5. The summed E-state index contributed by atoms with van der Waals surface area (Å²) in [7, 11) is 1.79. The lowest BCUT2D eigenvalue weighted by Gasteiger charge is -2.11. The molecule has 0 N–H and O–H groups in total. The first-order valence-corrected chi connectivity index (χ1v) is 17.4. The summed E-state index contributed by atoms with van der Waals surface area (Å²) in [6.45, 7) is 5.93. The number of aromatic nitrogens is 1. The van der Waals surface area contributed by atoms with E-state index < -0.39 is 0 Å². The van der Waals surface area contributed by atoms with Crippen LogP contribution in [-0.2, 0) is 0 Å². The van der Waals surface area contributed by atoms with Gasteiger partial charge in [0.25, 0.3) is 0 Å². The molecule has 250 valence electrons. The summed E-state index contributed by atoms with van der Waals surface area (Å²) < 4.78 is 8.92. The van der Waals surface area contributed by atoms with E-state index in [-0.39, 0.29) is 0 Å². The SMILES string of the molecule is C=N/C(=C1/Oc2c(cccc2-c2ccc(-c3ccc4c5ccccc5n(-c5ccccc5)c4c3)cc2)C1=NC)c1ccccc1.Cc1ccccc1. The fourth-order valence-corrected chi connectivity index (χ4v) is 6.99. The number of para-hydroxylation sites is 3. The van der Waals surface area contributed by atoms with Crippen LogP contribution in [0.5, 0.6) is 5.75 Å². The van der Waals surface area contributed by atoms with E-state index in [1.807, 2.05) is 48.5 Å². The highest BCUT2D eigenvalue weighted by molar-refractivity contribution is 6.20. The first kappa shape index (κ1) is 32.4. The Bertz CT molecular complexity index is 2600. The van der Waals surface area contributed by atoms with E-state index >= 15 is 0 Å². The zero-order valence-electron chi connectivity index (χ0n) is 29.2. The third-order valence-corrected chi connectivity index (χ3v) is 9.49. The summed E-state index contributed by atoms with van der Waals surface area (Å²) in [5.41, 5.74) is 12.6. The fraction of sp³-hybridized carbons (Fsp3) is 0.0417. The Labute approximate surface area is 304 Å². The van der Waals surface area contributed by atoms with Gasteiger partial charge in [-0.1, -0.05) is 151 Å². The van der Waals surface area contributed by atoms with Gasteiger partial charge in [0.1, 0.15) is 17.2 Å². The molecule has 4 heteroatoms. The molecule has 0 unspecified atom stereocenters. The molecule has 8 aromatic rings. The third kappa shape index (κ3) is 6.01. The second-order valence-corrected chi connectivity index (χ2v) is 12.7. The normalized spacial score (nSPS) is 13.7. The van der Waals surface area contributed by atoms with Gasteiger partial charge in [0.2, 0.25) is 0 Å². The van der Waals surface area contributed by atoms with E-state index in [1.54, 1.807) is 7.05 Å². The van der Waals surface area contributed by atoms with Gasteiger partial charge in [-0.2, -0.15) is 0 Å². The average Bonchev–Trinajstić information content (AvgIpc) is 3.75. The van der Waals surface area contributed by atoms with Crippen LogP contribution in [0.1, 0.15) is 16.7 Å². The molecule has 52 heavy (non-hydrogen) atoms. The number of fused-ring (bicyclic) bond motifs is 4. The number of allylic oxidation sites excluding steroid dienone is 1. The van der Waals surface area contributed by atoms with Crippen LogP contribution in [0.15, 0.2) is 192 Å². The summed E-state index contributed by atoms with van der Waals surface area (Å²) in [4.78, 5) is 8.96. The Morgan fingerprint density at radius 2 is 1.15 bits per heavy atom. The smallest absolute Gasteiger partial charge is 0.179 e. The number of benzene rings is 7. The molecule has 4 nitrogen and oxygen atoms in total. The van der Waals surface area contributed by atoms with Gasteiger partial charge in [-0.05, 0) is 60.7 Å². The van der Waals surface area contributed by atoms with E-state index in [4.69, 9.17) is 4.74 Å². The van der Waals surface area contributed by atoms with E-state index in [2.05, 4.69) is 156 Å². The van der Waals surface area contributed by atoms with Crippen LogP contribution >= 0.6 is 0 Å². The van der Waals surface area contributed by atoms with Crippen LogP contribution in [0, 0.1) is 6.92 Å². The van der Waals surface area contributed by atoms with Crippen molar-refractivity contribution in [2.75, 3.05) is 7.05 Å². The number of ether oxygens (including phenoxy) is 1. The summed E-state index contributed by atoms with van der Waals surface area (Å²) in [5.74, 6) is 1.41. The van der Waals surface area contributed by atoms with Gasteiger partial charge in [-0.25, -0.2) is 0 Å². The number of aryl methyl sites for hydroxylation is 1. The molecule has 0 radical (unpaired) electrons. The number of hydrogen-bond acceptors (Lipinski definition) is 3. The Morgan fingerprint density at radius 1 is 0.558 bits per heavy atom. The minimum absolute atomic E-state index is 0.625. The van der Waals surface area contributed by atoms with Gasteiger partial charge < -0.3 is 9.30 Å². The molecule has 9 rings (SSSR count). The maximum Gasteiger partial charge on any atom is 0.179 e. The van der Waals surface area contributed by atoms with Crippen molar-refractivity contribution < 1.29 is 4.74 Å². The summed E-state index contributed by atoms with van der Waals surface area (Å²) in [6, 6.07) is 61.1. The predicted octanol–water partition coefficient (Wildman–Crippen LogP) is 12.0. The molecule has 0 bridgehead atoms. The Kier molecular flexibility index (Phi) is 8.87. The first-order valence-electron chi connectivity index (χ1n) is 17.4. The standard InChI is InChI=1S/C41H29N3O.C7H8/c1-42-38(29-12-5-3-6-13-29)41-39(43-2)35-18-11-17-32(40(35)45-41)28-22-20-27(21-23-28)30-24-25-34-33-16-9-10-19-36(33)44(37(34)26-30)31-14-7-4-8-15-31;1-7-5-3-2-4-6-7/h3-26H,1H2,2H3;2-6H,1H3/b41-38+,43-39?;. The third-order valence-electron chi connectivity index (χ3n) is 9.49. The van der Waals surface area contributed by atoms with Crippen LogP contribution < -0.4 is 4.74 Å². The van der Waals surface area contributed by atoms with E-state index in [0.29, 0.717) is 11.5 Å². The van der Waals surface area contributed by atoms with E-state index in [9.17, 15) is 0 Å². The van der Waals surface area contributed by atoms with Crippen molar-refractivity contribution in [3.05, 3.63) is 198 Å². The average molecular weight is 672 g/mol. The van der Waals surface area contributed by atoms with Gasteiger partial charge >= 0.3 is 0 Å². The van der Waals surface area contributed by atoms with Crippen LogP contribution in [0.2, 0.25) is 0 Å². The molecular formula is C48H37N3O. The van der Waals surface area contributed by atoms with Crippen LogP contribution in [0.25, 0.3) is 55.4 Å². The molecule has 1 aliphatic heterocycles. The molecule has 0 saturated carbocycles. The zero-order chi connectivity index (χ0) is 35.4. The largest absolute Gasteiger partial charge is 0.451 e. The summed E-state index contributed by atoms with van der Waals surface area (Å²) in [6.07, 6.45) is 0. The summed E-state index contributed by atoms with van der Waals surface area (Å²) in [5, 5.41) is 2.50. The zero-order valence-corrected chi connectivity index (χ0v) is 29.2. The van der Waals surface area contributed by atoms with Gasteiger partial charge in [0.05, 0.1) is 11.0 Å². The minimum atomic E-state index is 0.625. The monoisotopic (exact) mass is 671 g/mol. The van der Waals surface area contributed by atoms with Crippen molar-refractivity contribution in [1.82, 2.24) is 4.57 Å². The van der Waals surface area contributed by atoms with E-state index in [1.165, 1.54) is 32.9 Å². The molecule has 7 aromatic carbocycles. The van der Waals surface area contributed by atoms with Gasteiger partial charge in [0.15, 0.2) is 5.76 Å². The van der Waals surface area contributed by atoms with Crippen molar-refractivity contribution in [3.63, 3.8) is 0 Å². The second kappa shape index (κ2) is 14.2.